The van der Waals surface area contributed by atoms with Crippen LogP contribution in [0.1, 0.15) is 37.0 Å². The van der Waals surface area contributed by atoms with Crippen molar-refractivity contribution in [1.82, 2.24) is 10.6 Å². The van der Waals surface area contributed by atoms with Gasteiger partial charge in [0.05, 0.1) is 0 Å². The van der Waals surface area contributed by atoms with E-state index in [0.717, 1.165) is 25.9 Å². The summed E-state index contributed by atoms with van der Waals surface area (Å²) in [6.45, 7) is 6.39. The number of carbonyl (C=O) groups excluding carboxylic acids is 2. The van der Waals surface area contributed by atoms with Crippen LogP contribution < -0.4 is 16.0 Å². The molecule has 5 nitrogen and oxygen atoms in total. The fourth-order valence-electron chi connectivity index (χ4n) is 2.51. The molecule has 0 radical (unpaired) electrons. The van der Waals surface area contributed by atoms with E-state index in [4.69, 9.17) is 0 Å². The van der Waals surface area contributed by atoms with Crippen molar-refractivity contribution in [2.75, 3.05) is 25.0 Å². The molecular weight excluding hydrogens is 302 g/mol. The van der Waals surface area contributed by atoms with Crippen LogP contribution in [0.3, 0.4) is 0 Å². The highest BCUT2D eigenvalue weighted by Gasteiger charge is 2.27. The predicted octanol–water partition coefficient (Wildman–Crippen LogP) is 2.19. The van der Waals surface area contributed by atoms with Crippen LogP contribution in [0.2, 0.25) is 0 Å². The fraction of sp³-hybridized carbons (Fsp3) is 0.500. The molecule has 22 heavy (non-hydrogen) atoms. The molecule has 1 saturated heterocycles. The first-order chi connectivity index (χ1) is 9.98. The first-order valence-electron chi connectivity index (χ1n) is 7.35. The predicted molar refractivity (Wildman–Crippen MR) is 90.5 cm³/mol. The monoisotopic (exact) mass is 325 g/mol. The Hall–Kier alpha value is -1.59. The largest absolute Gasteiger partial charge is 0.351 e. The molecule has 0 atom stereocenters. The van der Waals surface area contributed by atoms with Gasteiger partial charge in [-0.3, -0.25) is 9.59 Å². The van der Waals surface area contributed by atoms with Gasteiger partial charge in [-0.1, -0.05) is 6.92 Å². The normalized spacial score (nSPS) is 16.3. The van der Waals surface area contributed by atoms with Crippen molar-refractivity contribution >= 4 is 29.9 Å². The molecule has 1 aliphatic rings. The first kappa shape index (κ1) is 18.5. The summed E-state index contributed by atoms with van der Waals surface area (Å²) < 4.78 is 0. The maximum Gasteiger partial charge on any atom is 0.251 e. The van der Waals surface area contributed by atoms with Gasteiger partial charge in [0, 0.05) is 24.7 Å². The Bertz CT molecular complexity index is 511. The minimum Gasteiger partial charge on any atom is -0.351 e. The molecule has 3 N–H and O–H groups in total. The number of anilines is 1. The quantitative estimate of drug-likeness (QED) is 0.794. The zero-order valence-corrected chi connectivity index (χ0v) is 13.9. The minimum absolute atomic E-state index is 0. The van der Waals surface area contributed by atoms with E-state index in [1.54, 1.807) is 24.3 Å². The van der Waals surface area contributed by atoms with E-state index in [1.165, 1.54) is 6.92 Å². The van der Waals surface area contributed by atoms with Crippen LogP contribution in [-0.4, -0.2) is 31.4 Å². The summed E-state index contributed by atoms with van der Waals surface area (Å²) >= 11 is 0. The molecule has 0 spiro atoms. The number of amides is 2. The first-order valence-corrected chi connectivity index (χ1v) is 7.35. The van der Waals surface area contributed by atoms with Crippen LogP contribution in [0, 0.1) is 5.41 Å². The van der Waals surface area contributed by atoms with E-state index in [2.05, 4.69) is 22.9 Å². The summed E-state index contributed by atoms with van der Waals surface area (Å²) in [5.41, 5.74) is 1.49. The van der Waals surface area contributed by atoms with Crippen molar-refractivity contribution in [2.24, 2.45) is 5.41 Å². The molecule has 0 aliphatic carbocycles. The Balaban J connectivity index is 0.00000242. The van der Waals surface area contributed by atoms with E-state index in [-0.39, 0.29) is 29.6 Å². The molecule has 0 unspecified atom stereocenters. The van der Waals surface area contributed by atoms with Crippen molar-refractivity contribution < 1.29 is 9.59 Å². The lowest BCUT2D eigenvalue weighted by Gasteiger charge is -2.34. The molecule has 2 rings (SSSR count). The maximum absolute atomic E-state index is 12.1. The van der Waals surface area contributed by atoms with Gasteiger partial charge in [-0.15, -0.1) is 12.4 Å². The maximum atomic E-state index is 12.1. The van der Waals surface area contributed by atoms with Gasteiger partial charge in [-0.05, 0) is 55.6 Å². The van der Waals surface area contributed by atoms with E-state index in [1.807, 2.05) is 0 Å². The van der Waals surface area contributed by atoms with Crippen LogP contribution in [0.5, 0.6) is 0 Å². The molecule has 122 valence electrons. The SMILES string of the molecule is CC(=O)Nc1ccc(C(=O)NCC2(C)CCNCC2)cc1.Cl. The molecule has 1 aromatic rings. The van der Waals surface area contributed by atoms with Crippen LogP contribution in [0.25, 0.3) is 0 Å². The van der Waals surface area contributed by atoms with E-state index in [9.17, 15) is 9.59 Å². The van der Waals surface area contributed by atoms with Crippen LogP contribution >= 0.6 is 12.4 Å². The van der Waals surface area contributed by atoms with Crippen molar-refractivity contribution in [3.8, 4) is 0 Å². The number of halogens is 1. The Morgan fingerprint density at radius 1 is 1.18 bits per heavy atom. The molecule has 1 heterocycles. The molecular formula is C16H24ClN3O2. The molecule has 1 aromatic carbocycles. The molecule has 2 amide bonds. The Morgan fingerprint density at radius 3 is 2.32 bits per heavy atom. The van der Waals surface area contributed by atoms with Crippen LogP contribution in [-0.2, 0) is 4.79 Å². The summed E-state index contributed by atoms with van der Waals surface area (Å²) in [6, 6.07) is 6.93. The average Bonchev–Trinajstić information content (AvgIpc) is 2.46. The molecule has 0 aromatic heterocycles. The van der Waals surface area contributed by atoms with Gasteiger partial charge in [-0.25, -0.2) is 0 Å². The summed E-state index contributed by atoms with van der Waals surface area (Å²) in [7, 11) is 0. The summed E-state index contributed by atoms with van der Waals surface area (Å²) in [5.74, 6) is -0.185. The number of nitrogens with one attached hydrogen (secondary N) is 3. The Kier molecular flexibility index (Phi) is 6.84. The fourth-order valence-corrected chi connectivity index (χ4v) is 2.51. The zero-order chi connectivity index (χ0) is 15.3. The van der Waals surface area contributed by atoms with Crippen molar-refractivity contribution in [3.63, 3.8) is 0 Å². The molecule has 1 aliphatic heterocycles. The number of benzene rings is 1. The lowest BCUT2D eigenvalue weighted by Crippen LogP contribution is -2.42. The van der Waals surface area contributed by atoms with Crippen molar-refractivity contribution in [1.29, 1.82) is 0 Å². The van der Waals surface area contributed by atoms with E-state index in [0.29, 0.717) is 17.8 Å². The second-order valence-electron chi connectivity index (χ2n) is 6.00. The topological polar surface area (TPSA) is 70.2 Å². The number of rotatable bonds is 4. The van der Waals surface area contributed by atoms with E-state index < -0.39 is 0 Å². The second kappa shape index (κ2) is 8.15. The smallest absolute Gasteiger partial charge is 0.251 e. The average molecular weight is 326 g/mol. The Morgan fingerprint density at radius 2 is 1.77 bits per heavy atom. The third-order valence-corrected chi connectivity index (χ3v) is 3.95. The van der Waals surface area contributed by atoms with Crippen LogP contribution in [0.4, 0.5) is 5.69 Å². The highest BCUT2D eigenvalue weighted by molar-refractivity contribution is 5.95. The molecule has 0 bridgehead atoms. The lowest BCUT2D eigenvalue weighted by molar-refractivity contribution is -0.114. The molecule has 1 fully saturated rings. The third kappa shape index (κ3) is 5.31. The molecule has 0 saturated carbocycles. The van der Waals surface area contributed by atoms with Crippen molar-refractivity contribution in [3.05, 3.63) is 29.8 Å². The summed E-state index contributed by atoms with van der Waals surface area (Å²) in [5, 5.41) is 9.03. The van der Waals surface area contributed by atoms with Crippen LogP contribution in [0.15, 0.2) is 24.3 Å². The number of hydrogen-bond acceptors (Lipinski definition) is 3. The third-order valence-electron chi connectivity index (χ3n) is 3.95. The standard InChI is InChI=1S/C16H23N3O2.ClH/c1-12(20)19-14-5-3-13(4-6-14)15(21)18-11-16(2)7-9-17-10-8-16;/h3-6,17H,7-11H2,1-2H3,(H,18,21)(H,19,20);1H. The van der Waals surface area contributed by atoms with Gasteiger partial charge in [0.1, 0.15) is 0 Å². The van der Waals surface area contributed by atoms with Gasteiger partial charge in [0.25, 0.3) is 5.91 Å². The van der Waals surface area contributed by atoms with E-state index >= 15 is 0 Å². The van der Waals surface area contributed by atoms with Gasteiger partial charge in [0.15, 0.2) is 0 Å². The summed E-state index contributed by atoms with van der Waals surface area (Å²) in [6.07, 6.45) is 2.16. The van der Waals surface area contributed by atoms with Crippen molar-refractivity contribution in [2.45, 2.75) is 26.7 Å². The summed E-state index contributed by atoms with van der Waals surface area (Å²) in [4.78, 5) is 23.1. The van der Waals surface area contributed by atoms with Gasteiger partial charge >= 0.3 is 0 Å². The van der Waals surface area contributed by atoms with Gasteiger partial charge in [0.2, 0.25) is 5.91 Å². The molecule has 6 heteroatoms. The second-order valence-corrected chi connectivity index (χ2v) is 6.00. The number of hydrogen-bond donors (Lipinski definition) is 3. The van der Waals surface area contributed by atoms with Gasteiger partial charge < -0.3 is 16.0 Å². The number of carbonyl (C=O) groups is 2. The highest BCUT2D eigenvalue weighted by Crippen LogP contribution is 2.26. The van der Waals surface area contributed by atoms with Gasteiger partial charge in [-0.2, -0.15) is 0 Å². The lowest BCUT2D eigenvalue weighted by atomic mass is 9.81. The highest BCUT2D eigenvalue weighted by atomic mass is 35.5. The minimum atomic E-state index is -0.119. The Labute approximate surface area is 137 Å². The number of piperidine rings is 1. The zero-order valence-electron chi connectivity index (χ0n) is 13.1.